The van der Waals surface area contributed by atoms with Crippen LogP contribution in [0.4, 0.5) is 11.6 Å². The lowest BCUT2D eigenvalue weighted by atomic mass is 9.66. The van der Waals surface area contributed by atoms with Crippen LogP contribution in [0.25, 0.3) is 16.6 Å². The van der Waals surface area contributed by atoms with E-state index in [-0.39, 0.29) is 0 Å². The fraction of sp³-hybridized carbons (Fsp3) is 0.346. The SMILES string of the molecule is CCOc1cc(-c2ccc(N3CC4C[C@@H](C3)C4Nc3cnc(OC)cn3)nc2)c2c(C#N)cnn2c1. The maximum atomic E-state index is 9.57. The smallest absolute Gasteiger partial charge is 0.232 e. The molecule has 2 unspecified atom stereocenters. The summed E-state index contributed by atoms with van der Waals surface area (Å²) in [4.78, 5) is 15.8. The summed E-state index contributed by atoms with van der Waals surface area (Å²) in [5.41, 5.74) is 3.07. The molecule has 182 valence electrons. The Hall–Kier alpha value is -4.39. The number of nitrogens with one attached hydrogen (secondary N) is 1. The zero-order valence-corrected chi connectivity index (χ0v) is 20.1. The summed E-state index contributed by atoms with van der Waals surface area (Å²) in [6.45, 7) is 4.37. The van der Waals surface area contributed by atoms with E-state index >= 15 is 0 Å². The van der Waals surface area contributed by atoms with Crippen molar-refractivity contribution < 1.29 is 9.47 Å². The van der Waals surface area contributed by atoms with E-state index in [9.17, 15) is 5.26 Å². The minimum atomic E-state index is 0.393. The van der Waals surface area contributed by atoms with Gasteiger partial charge in [-0.05, 0) is 43.4 Å². The number of pyridine rings is 2. The molecule has 0 amide bonds. The van der Waals surface area contributed by atoms with E-state index in [1.165, 1.54) is 6.42 Å². The van der Waals surface area contributed by atoms with Crippen LogP contribution in [0.5, 0.6) is 11.6 Å². The topological polar surface area (TPSA) is 113 Å². The molecule has 3 atom stereocenters. The molecule has 4 aromatic heterocycles. The van der Waals surface area contributed by atoms with Crippen molar-refractivity contribution >= 4 is 17.2 Å². The molecule has 2 saturated heterocycles. The molecule has 0 aromatic carbocycles. The van der Waals surface area contributed by atoms with Gasteiger partial charge in [0.2, 0.25) is 5.88 Å². The van der Waals surface area contributed by atoms with Gasteiger partial charge < -0.3 is 19.7 Å². The molecular formula is C26H26N8O2. The maximum absolute atomic E-state index is 9.57. The highest BCUT2D eigenvalue weighted by Crippen LogP contribution is 2.43. The van der Waals surface area contributed by atoms with Crippen molar-refractivity contribution in [2.75, 3.05) is 37.0 Å². The monoisotopic (exact) mass is 482 g/mol. The zero-order valence-electron chi connectivity index (χ0n) is 20.1. The van der Waals surface area contributed by atoms with Crippen molar-refractivity contribution in [1.82, 2.24) is 24.6 Å². The van der Waals surface area contributed by atoms with Crippen LogP contribution in [0.3, 0.4) is 0 Å². The molecule has 6 heterocycles. The van der Waals surface area contributed by atoms with Crippen LogP contribution in [-0.4, -0.2) is 57.4 Å². The molecule has 4 aromatic rings. The van der Waals surface area contributed by atoms with Crippen molar-refractivity contribution in [1.29, 1.82) is 5.26 Å². The quantitative estimate of drug-likeness (QED) is 0.423. The van der Waals surface area contributed by atoms with Crippen molar-refractivity contribution in [3.8, 4) is 28.8 Å². The number of nitriles is 1. The van der Waals surface area contributed by atoms with Crippen LogP contribution >= 0.6 is 0 Å². The lowest BCUT2D eigenvalue weighted by Crippen LogP contribution is -2.61. The number of piperidine rings is 2. The van der Waals surface area contributed by atoms with E-state index in [1.807, 2.05) is 19.2 Å². The Balaban J connectivity index is 1.19. The number of rotatable bonds is 7. The maximum Gasteiger partial charge on any atom is 0.232 e. The van der Waals surface area contributed by atoms with Gasteiger partial charge in [0.1, 0.15) is 23.5 Å². The number of nitrogens with zero attached hydrogens (tertiary/aromatic N) is 7. The lowest BCUT2D eigenvalue weighted by molar-refractivity contribution is 0.130. The van der Waals surface area contributed by atoms with E-state index in [2.05, 4.69) is 43.5 Å². The molecule has 2 aliphatic heterocycles. The van der Waals surface area contributed by atoms with Crippen LogP contribution in [0, 0.1) is 23.2 Å². The summed E-state index contributed by atoms with van der Waals surface area (Å²) in [6.07, 6.45) is 9.82. The molecule has 1 aliphatic carbocycles. The number of fused-ring (bicyclic) bond motifs is 3. The molecule has 1 saturated carbocycles. The number of methoxy groups -OCH3 is 1. The number of aromatic nitrogens is 5. The van der Waals surface area contributed by atoms with Gasteiger partial charge in [0, 0.05) is 36.5 Å². The molecule has 10 nitrogen and oxygen atoms in total. The van der Waals surface area contributed by atoms with Gasteiger partial charge in [-0.15, -0.1) is 0 Å². The minimum Gasteiger partial charge on any atom is -0.492 e. The predicted molar refractivity (Wildman–Crippen MR) is 134 cm³/mol. The van der Waals surface area contributed by atoms with E-state index < -0.39 is 0 Å². The van der Waals surface area contributed by atoms with E-state index in [0.29, 0.717) is 41.7 Å². The van der Waals surface area contributed by atoms with E-state index in [4.69, 9.17) is 14.5 Å². The molecule has 7 rings (SSSR count). The van der Waals surface area contributed by atoms with Crippen LogP contribution in [0.15, 0.2) is 49.2 Å². The first-order valence-electron chi connectivity index (χ1n) is 12.0. The van der Waals surface area contributed by atoms with Crippen molar-refractivity contribution in [2.45, 2.75) is 19.4 Å². The molecule has 1 N–H and O–H groups in total. The summed E-state index contributed by atoms with van der Waals surface area (Å²) in [5, 5.41) is 17.5. The third-order valence-corrected chi connectivity index (χ3v) is 7.08. The summed E-state index contributed by atoms with van der Waals surface area (Å²) in [7, 11) is 1.59. The Morgan fingerprint density at radius 1 is 1.11 bits per heavy atom. The van der Waals surface area contributed by atoms with Gasteiger partial charge in [-0.3, -0.25) is 0 Å². The highest BCUT2D eigenvalue weighted by molar-refractivity contribution is 5.85. The van der Waals surface area contributed by atoms with E-state index in [1.54, 1.807) is 36.4 Å². The van der Waals surface area contributed by atoms with Crippen LogP contribution < -0.4 is 19.7 Å². The normalized spacial score (nSPS) is 20.5. The highest BCUT2D eigenvalue weighted by Gasteiger charge is 2.47. The van der Waals surface area contributed by atoms with Crippen LogP contribution in [-0.2, 0) is 0 Å². The Bertz CT molecular complexity index is 1420. The van der Waals surface area contributed by atoms with Gasteiger partial charge in [-0.2, -0.15) is 10.4 Å². The number of ether oxygens (including phenoxy) is 2. The van der Waals surface area contributed by atoms with Crippen LogP contribution in [0.1, 0.15) is 18.9 Å². The molecular weight excluding hydrogens is 456 g/mol. The lowest BCUT2D eigenvalue weighted by Gasteiger charge is -2.54. The summed E-state index contributed by atoms with van der Waals surface area (Å²) in [5.74, 6) is 4.01. The molecule has 36 heavy (non-hydrogen) atoms. The van der Waals surface area contributed by atoms with E-state index in [0.717, 1.165) is 41.4 Å². The Labute approximate surface area is 208 Å². The summed E-state index contributed by atoms with van der Waals surface area (Å²) >= 11 is 0. The van der Waals surface area contributed by atoms with Crippen molar-refractivity contribution in [3.05, 3.63) is 54.7 Å². The second-order valence-corrected chi connectivity index (χ2v) is 9.17. The molecule has 3 aliphatic rings. The minimum absolute atomic E-state index is 0.393. The van der Waals surface area contributed by atoms with Gasteiger partial charge in [0.25, 0.3) is 0 Å². The first-order chi connectivity index (χ1) is 17.7. The van der Waals surface area contributed by atoms with Gasteiger partial charge in [-0.1, -0.05) is 0 Å². The summed E-state index contributed by atoms with van der Waals surface area (Å²) in [6, 6.07) is 8.70. The second kappa shape index (κ2) is 9.00. The standard InChI is InChI=1S/C26H26N8O2/c1-3-36-20-7-21(26-19(8-27)10-31-34(26)15-20)16-4-5-23(29-9-16)33-13-17-6-18(14-33)25(17)32-22-11-30-24(35-2)12-28-22/h4-5,7,9-12,15,17-18,25H,3,6,13-14H2,1-2H3,(H,28,32)/t17-,18?,25?/m0/s1. The Morgan fingerprint density at radius 3 is 2.64 bits per heavy atom. The van der Waals surface area contributed by atoms with Gasteiger partial charge >= 0.3 is 0 Å². The van der Waals surface area contributed by atoms with Crippen molar-refractivity contribution in [2.24, 2.45) is 11.8 Å². The average Bonchev–Trinajstić information content (AvgIpc) is 3.35. The average molecular weight is 483 g/mol. The third kappa shape index (κ3) is 3.82. The first-order valence-corrected chi connectivity index (χ1v) is 12.0. The van der Waals surface area contributed by atoms with Gasteiger partial charge in [-0.25, -0.2) is 19.5 Å². The van der Waals surface area contributed by atoms with Gasteiger partial charge in [0.05, 0.1) is 49.6 Å². The second-order valence-electron chi connectivity index (χ2n) is 9.17. The number of hydrogen-bond acceptors (Lipinski definition) is 9. The largest absolute Gasteiger partial charge is 0.492 e. The highest BCUT2D eigenvalue weighted by atomic mass is 16.5. The predicted octanol–water partition coefficient (Wildman–Crippen LogP) is 3.40. The Kier molecular flexibility index (Phi) is 5.52. The number of anilines is 2. The van der Waals surface area contributed by atoms with Crippen LogP contribution in [0.2, 0.25) is 0 Å². The molecule has 2 bridgehead atoms. The molecule has 0 radical (unpaired) electrons. The molecule has 0 spiro atoms. The first kappa shape index (κ1) is 22.1. The van der Waals surface area contributed by atoms with Gasteiger partial charge in [0.15, 0.2) is 0 Å². The zero-order chi connectivity index (χ0) is 24.6. The fourth-order valence-corrected chi connectivity index (χ4v) is 5.35. The van der Waals surface area contributed by atoms with Crippen molar-refractivity contribution in [3.63, 3.8) is 0 Å². The Morgan fingerprint density at radius 2 is 1.97 bits per heavy atom. The third-order valence-electron chi connectivity index (χ3n) is 7.08. The molecule has 3 fully saturated rings. The molecule has 10 heteroatoms. The number of hydrogen-bond donors (Lipinski definition) is 1. The summed E-state index contributed by atoms with van der Waals surface area (Å²) < 4.78 is 12.5. The fourth-order valence-electron chi connectivity index (χ4n) is 5.35.